The van der Waals surface area contributed by atoms with E-state index < -0.39 is 0 Å². The van der Waals surface area contributed by atoms with Crippen LogP contribution < -0.4 is 10.1 Å². The lowest BCUT2D eigenvalue weighted by atomic mass is 10.0. The number of para-hydroxylation sites is 1. The van der Waals surface area contributed by atoms with Crippen molar-refractivity contribution in [3.63, 3.8) is 0 Å². The van der Waals surface area contributed by atoms with Crippen LogP contribution in [0.3, 0.4) is 0 Å². The summed E-state index contributed by atoms with van der Waals surface area (Å²) in [5.74, 6) is 0.961. The van der Waals surface area contributed by atoms with E-state index in [1.165, 1.54) is 5.56 Å². The molecule has 4 heteroatoms. The van der Waals surface area contributed by atoms with E-state index in [1.807, 2.05) is 12.1 Å². The highest BCUT2D eigenvalue weighted by atomic mass is 16.5. The normalized spacial score (nSPS) is 21.8. The van der Waals surface area contributed by atoms with E-state index in [4.69, 9.17) is 9.47 Å². The molecule has 4 nitrogen and oxygen atoms in total. The number of methoxy groups -OCH3 is 1. The molecule has 0 aromatic heterocycles. The molecule has 0 radical (unpaired) electrons. The molecule has 1 aromatic rings. The molecule has 1 fully saturated rings. The van der Waals surface area contributed by atoms with E-state index in [9.17, 15) is 0 Å². The quantitative estimate of drug-likeness (QED) is 0.873. The van der Waals surface area contributed by atoms with E-state index in [-0.39, 0.29) is 6.04 Å². The first-order chi connectivity index (χ1) is 10.2. The summed E-state index contributed by atoms with van der Waals surface area (Å²) in [6.45, 7) is 9.21. The molecule has 0 saturated carbocycles. The minimum Gasteiger partial charge on any atom is -0.496 e. The summed E-state index contributed by atoms with van der Waals surface area (Å²) in [7, 11) is 1.74. The molecule has 2 atom stereocenters. The second-order valence-electron chi connectivity index (χ2n) is 5.65. The maximum absolute atomic E-state index is 5.74. The van der Waals surface area contributed by atoms with Crippen molar-refractivity contribution in [2.24, 2.45) is 0 Å². The summed E-state index contributed by atoms with van der Waals surface area (Å²) in [6.07, 6.45) is 1.42. The van der Waals surface area contributed by atoms with E-state index in [1.54, 1.807) is 7.11 Å². The van der Waals surface area contributed by atoms with Gasteiger partial charge in [-0.1, -0.05) is 25.1 Å². The van der Waals surface area contributed by atoms with E-state index in [0.29, 0.717) is 6.10 Å². The lowest BCUT2D eigenvalue weighted by Crippen LogP contribution is -2.38. The summed E-state index contributed by atoms with van der Waals surface area (Å²) in [5, 5.41) is 3.59. The maximum atomic E-state index is 5.74. The van der Waals surface area contributed by atoms with Crippen molar-refractivity contribution in [2.45, 2.75) is 32.4 Å². The van der Waals surface area contributed by atoms with Crippen molar-refractivity contribution in [3.05, 3.63) is 29.8 Å². The molecule has 1 aliphatic rings. The Labute approximate surface area is 128 Å². The Bertz CT molecular complexity index is 425. The first kappa shape index (κ1) is 16.3. The largest absolute Gasteiger partial charge is 0.496 e. The molecule has 1 aliphatic heterocycles. The van der Waals surface area contributed by atoms with Gasteiger partial charge in [-0.2, -0.15) is 0 Å². The van der Waals surface area contributed by atoms with Crippen LogP contribution in [-0.2, 0) is 4.74 Å². The Hall–Kier alpha value is -1.10. The Kier molecular flexibility index (Phi) is 6.49. The molecule has 0 aliphatic carbocycles. The smallest absolute Gasteiger partial charge is 0.123 e. The van der Waals surface area contributed by atoms with Gasteiger partial charge in [0.15, 0.2) is 0 Å². The van der Waals surface area contributed by atoms with Crippen molar-refractivity contribution >= 4 is 0 Å². The molecule has 1 N–H and O–H groups in total. The van der Waals surface area contributed by atoms with Crippen LogP contribution >= 0.6 is 0 Å². The van der Waals surface area contributed by atoms with Crippen LogP contribution in [0.25, 0.3) is 0 Å². The number of rotatable bonds is 6. The van der Waals surface area contributed by atoms with Gasteiger partial charge >= 0.3 is 0 Å². The summed E-state index contributed by atoms with van der Waals surface area (Å²) in [4.78, 5) is 2.50. The van der Waals surface area contributed by atoms with Crippen LogP contribution in [0.15, 0.2) is 24.3 Å². The molecule has 2 rings (SSSR count). The molecule has 21 heavy (non-hydrogen) atoms. The Morgan fingerprint density at radius 1 is 1.43 bits per heavy atom. The highest BCUT2D eigenvalue weighted by Gasteiger charge is 2.21. The van der Waals surface area contributed by atoms with Gasteiger partial charge in [0.2, 0.25) is 0 Å². The highest BCUT2D eigenvalue weighted by Crippen LogP contribution is 2.26. The Morgan fingerprint density at radius 2 is 2.24 bits per heavy atom. The zero-order valence-corrected chi connectivity index (χ0v) is 13.5. The van der Waals surface area contributed by atoms with Gasteiger partial charge in [-0.05, 0) is 26.0 Å². The summed E-state index contributed by atoms with van der Waals surface area (Å²) in [5.41, 5.74) is 1.24. The lowest BCUT2D eigenvalue weighted by molar-refractivity contribution is 0.0664. The molecule has 2 unspecified atom stereocenters. The van der Waals surface area contributed by atoms with Crippen LogP contribution in [0, 0.1) is 0 Å². The van der Waals surface area contributed by atoms with Crippen molar-refractivity contribution in [2.75, 3.05) is 39.9 Å². The van der Waals surface area contributed by atoms with E-state index in [2.05, 4.69) is 36.2 Å². The van der Waals surface area contributed by atoms with Crippen LogP contribution in [0.5, 0.6) is 5.75 Å². The van der Waals surface area contributed by atoms with Gasteiger partial charge in [0.1, 0.15) is 5.75 Å². The number of hydrogen-bond donors (Lipinski definition) is 1. The van der Waals surface area contributed by atoms with Crippen LogP contribution in [-0.4, -0.2) is 50.9 Å². The van der Waals surface area contributed by atoms with Crippen LogP contribution in [0.1, 0.15) is 31.9 Å². The van der Waals surface area contributed by atoms with E-state index in [0.717, 1.165) is 45.0 Å². The fraction of sp³-hybridized carbons (Fsp3) is 0.647. The van der Waals surface area contributed by atoms with Gasteiger partial charge in [0.05, 0.1) is 13.2 Å². The summed E-state index contributed by atoms with van der Waals surface area (Å²) in [6, 6.07) is 8.58. The number of hydrogen-bond acceptors (Lipinski definition) is 4. The predicted octanol–water partition coefficient (Wildman–Crippen LogP) is 2.46. The SMILES string of the molecule is CCNC(CN1CCCOC(C)C1)c1ccccc1OC. The van der Waals surface area contributed by atoms with Gasteiger partial charge in [0.25, 0.3) is 0 Å². The van der Waals surface area contributed by atoms with Gasteiger partial charge in [-0.15, -0.1) is 0 Å². The average Bonchev–Trinajstić information content (AvgIpc) is 2.71. The molecule has 0 spiro atoms. The number of ether oxygens (including phenoxy) is 2. The number of nitrogens with one attached hydrogen (secondary N) is 1. The molecular formula is C17H28N2O2. The van der Waals surface area contributed by atoms with Crippen molar-refractivity contribution in [3.8, 4) is 5.75 Å². The molecule has 118 valence electrons. The fourth-order valence-electron chi connectivity index (χ4n) is 2.98. The number of likely N-dealkylation sites (N-methyl/N-ethyl adjacent to an activating group) is 1. The molecule has 1 heterocycles. The second-order valence-corrected chi connectivity index (χ2v) is 5.65. The van der Waals surface area contributed by atoms with Gasteiger partial charge in [0, 0.05) is 37.8 Å². The monoisotopic (exact) mass is 292 g/mol. The fourth-order valence-corrected chi connectivity index (χ4v) is 2.98. The molecule has 1 aromatic carbocycles. The molecular weight excluding hydrogens is 264 g/mol. The van der Waals surface area contributed by atoms with Gasteiger partial charge in [-0.3, -0.25) is 4.90 Å². The second kappa shape index (κ2) is 8.37. The minimum absolute atomic E-state index is 0.288. The molecule has 1 saturated heterocycles. The minimum atomic E-state index is 0.288. The van der Waals surface area contributed by atoms with Crippen molar-refractivity contribution < 1.29 is 9.47 Å². The molecule has 0 amide bonds. The number of nitrogens with zero attached hydrogens (tertiary/aromatic N) is 1. The third-order valence-electron chi connectivity index (χ3n) is 3.94. The van der Waals surface area contributed by atoms with Crippen LogP contribution in [0.2, 0.25) is 0 Å². The topological polar surface area (TPSA) is 33.7 Å². The summed E-state index contributed by atoms with van der Waals surface area (Å²) < 4.78 is 11.3. The maximum Gasteiger partial charge on any atom is 0.123 e. The third-order valence-corrected chi connectivity index (χ3v) is 3.94. The van der Waals surface area contributed by atoms with Crippen molar-refractivity contribution in [1.29, 1.82) is 0 Å². The first-order valence-electron chi connectivity index (χ1n) is 7.94. The van der Waals surface area contributed by atoms with E-state index >= 15 is 0 Å². The zero-order chi connectivity index (χ0) is 15.1. The Morgan fingerprint density at radius 3 is 3.00 bits per heavy atom. The van der Waals surface area contributed by atoms with Gasteiger partial charge < -0.3 is 14.8 Å². The lowest BCUT2D eigenvalue weighted by Gasteiger charge is -2.28. The van der Waals surface area contributed by atoms with Crippen LogP contribution in [0.4, 0.5) is 0 Å². The van der Waals surface area contributed by atoms with Gasteiger partial charge in [-0.25, -0.2) is 0 Å². The highest BCUT2D eigenvalue weighted by molar-refractivity contribution is 5.36. The summed E-state index contributed by atoms with van der Waals surface area (Å²) >= 11 is 0. The average molecular weight is 292 g/mol. The predicted molar refractivity (Wildman–Crippen MR) is 85.9 cm³/mol. The first-order valence-corrected chi connectivity index (χ1v) is 7.94. The Balaban J connectivity index is 2.10. The van der Waals surface area contributed by atoms with Crippen molar-refractivity contribution in [1.82, 2.24) is 10.2 Å². The molecule has 0 bridgehead atoms. The zero-order valence-electron chi connectivity index (χ0n) is 13.5. The number of benzene rings is 1. The standard InChI is InChI=1S/C17H28N2O2/c1-4-18-16(15-8-5-6-9-17(15)20-3)13-19-10-7-11-21-14(2)12-19/h5-6,8-9,14,16,18H,4,7,10-13H2,1-3H3. The third kappa shape index (κ3) is 4.70.